The molecule has 0 amide bonds. The summed E-state index contributed by atoms with van der Waals surface area (Å²) in [5, 5.41) is 5.06. The lowest BCUT2D eigenvalue weighted by Gasteiger charge is -2.31. The molecule has 1 aromatic rings. The van der Waals surface area contributed by atoms with Crippen molar-refractivity contribution in [2.24, 2.45) is 0 Å². The van der Waals surface area contributed by atoms with Crippen LogP contribution in [0.25, 0.3) is 0 Å². The van der Waals surface area contributed by atoms with E-state index in [1.807, 2.05) is 18.2 Å². The average molecular weight is 329 g/mol. The normalized spacial score (nSPS) is 24.6. The first-order chi connectivity index (χ1) is 10.2. The Balaban J connectivity index is 1.48. The molecule has 2 heterocycles. The molecular formula is C16H22Cl2N2O. The highest BCUT2D eigenvalue weighted by Gasteiger charge is 2.28. The zero-order chi connectivity index (χ0) is 14.7. The molecule has 3 nitrogen and oxygen atoms in total. The highest BCUT2D eigenvalue weighted by Crippen LogP contribution is 2.23. The van der Waals surface area contributed by atoms with Gasteiger partial charge in [-0.3, -0.25) is 4.90 Å². The molecule has 2 fully saturated rings. The minimum atomic E-state index is 0.555. The van der Waals surface area contributed by atoms with Gasteiger partial charge in [-0.05, 0) is 37.0 Å². The van der Waals surface area contributed by atoms with Crippen molar-refractivity contribution >= 4 is 23.2 Å². The van der Waals surface area contributed by atoms with E-state index >= 15 is 0 Å². The molecule has 2 saturated heterocycles. The van der Waals surface area contributed by atoms with Crippen LogP contribution < -0.4 is 5.32 Å². The Morgan fingerprint density at radius 3 is 2.76 bits per heavy atom. The van der Waals surface area contributed by atoms with Gasteiger partial charge >= 0.3 is 0 Å². The van der Waals surface area contributed by atoms with E-state index < -0.39 is 0 Å². The van der Waals surface area contributed by atoms with E-state index in [1.54, 1.807) is 0 Å². The van der Waals surface area contributed by atoms with Gasteiger partial charge in [0, 0.05) is 55.0 Å². The number of halogens is 2. The molecule has 21 heavy (non-hydrogen) atoms. The lowest BCUT2D eigenvalue weighted by Crippen LogP contribution is -2.40. The quantitative estimate of drug-likeness (QED) is 0.917. The summed E-state index contributed by atoms with van der Waals surface area (Å²) in [4.78, 5) is 2.61. The van der Waals surface area contributed by atoms with Crippen LogP contribution >= 0.6 is 23.2 Å². The van der Waals surface area contributed by atoms with E-state index in [4.69, 9.17) is 27.9 Å². The van der Waals surface area contributed by atoms with Crippen molar-refractivity contribution in [3.63, 3.8) is 0 Å². The fourth-order valence-corrected chi connectivity index (χ4v) is 3.73. The standard InChI is InChI=1S/C16H22Cl2N2O/c17-13-2-1-12(16(18)9-13)10-19-14-3-6-20(11-14)15-4-7-21-8-5-15/h1-2,9,14-15,19H,3-8,10-11H2/t14-/m0/s1. The molecule has 2 aliphatic heterocycles. The number of hydrogen-bond donors (Lipinski definition) is 1. The van der Waals surface area contributed by atoms with Crippen LogP contribution in [0.3, 0.4) is 0 Å². The van der Waals surface area contributed by atoms with E-state index in [0.29, 0.717) is 17.1 Å². The number of rotatable bonds is 4. The molecule has 0 aromatic heterocycles. The summed E-state index contributed by atoms with van der Waals surface area (Å²) in [6.45, 7) is 4.97. The lowest BCUT2D eigenvalue weighted by atomic mass is 10.1. The maximum Gasteiger partial charge on any atom is 0.0480 e. The van der Waals surface area contributed by atoms with Crippen molar-refractivity contribution < 1.29 is 4.74 Å². The molecule has 1 aromatic carbocycles. The lowest BCUT2D eigenvalue weighted by molar-refractivity contribution is 0.0416. The Kier molecular flexibility index (Phi) is 5.41. The summed E-state index contributed by atoms with van der Waals surface area (Å²) in [5.74, 6) is 0. The molecule has 3 rings (SSSR count). The van der Waals surface area contributed by atoms with Crippen molar-refractivity contribution in [3.8, 4) is 0 Å². The molecule has 0 radical (unpaired) electrons. The molecule has 0 saturated carbocycles. The van der Waals surface area contributed by atoms with E-state index in [2.05, 4.69) is 10.2 Å². The zero-order valence-corrected chi connectivity index (χ0v) is 13.7. The highest BCUT2D eigenvalue weighted by molar-refractivity contribution is 6.35. The summed E-state index contributed by atoms with van der Waals surface area (Å²) in [6, 6.07) is 6.98. The molecule has 2 aliphatic rings. The molecule has 0 aliphatic carbocycles. The van der Waals surface area contributed by atoms with Gasteiger partial charge in [0.05, 0.1) is 0 Å². The van der Waals surface area contributed by atoms with Crippen molar-refractivity contribution in [2.45, 2.75) is 37.9 Å². The summed E-state index contributed by atoms with van der Waals surface area (Å²) < 4.78 is 5.45. The molecule has 5 heteroatoms. The predicted octanol–water partition coefficient (Wildman–Crippen LogP) is 3.34. The first-order valence-electron chi connectivity index (χ1n) is 7.71. The number of nitrogens with one attached hydrogen (secondary N) is 1. The van der Waals surface area contributed by atoms with Gasteiger partial charge in [0.1, 0.15) is 0 Å². The molecule has 116 valence electrons. The predicted molar refractivity (Wildman–Crippen MR) is 87.1 cm³/mol. The molecular weight excluding hydrogens is 307 g/mol. The van der Waals surface area contributed by atoms with Crippen LogP contribution in [0.5, 0.6) is 0 Å². The monoisotopic (exact) mass is 328 g/mol. The maximum absolute atomic E-state index is 6.22. The van der Waals surface area contributed by atoms with Crippen LogP contribution in [0.2, 0.25) is 10.0 Å². The zero-order valence-electron chi connectivity index (χ0n) is 12.2. The third-order valence-corrected chi connectivity index (χ3v) is 5.11. The number of likely N-dealkylation sites (tertiary alicyclic amines) is 1. The Morgan fingerprint density at radius 1 is 1.19 bits per heavy atom. The Hall–Kier alpha value is -0.320. The van der Waals surface area contributed by atoms with Crippen LogP contribution in [0.15, 0.2) is 18.2 Å². The molecule has 0 unspecified atom stereocenters. The van der Waals surface area contributed by atoms with Crippen LogP contribution in [0.1, 0.15) is 24.8 Å². The largest absolute Gasteiger partial charge is 0.381 e. The van der Waals surface area contributed by atoms with Gasteiger partial charge in [0.25, 0.3) is 0 Å². The fraction of sp³-hybridized carbons (Fsp3) is 0.625. The second kappa shape index (κ2) is 7.30. The van der Waals surface area contributed by atoms with Gasteiger partial charge in [0.15, 0.2) is 0 Å². The summed E-state index contributed by atoms with van der Waals surface area (Å²) in [5.41, 5.74) is 1.12. The molecule has 1 N–H and O–H groups in total. The van der Waals surface area contributed by atoms with E-state index in [-0.39, 0.29) is 0 Å². The van der Waals surface area contributed by atoms with Gasteiger partial charge in [-0.1, -0.05) is 29.3 Å². The highest BCUT2D eigenvalue weighted by atomic mass is 35.5. The summed E-state index contributed by atoms with van der Waals surface area (Å²) in [6.07, 6.45) is 3.56. The van der Waals surface area contributed by atoms with E-state index in [0.717, 1.165) is 36.9 Å². The first kappa shape index (κ1) is 15.6. The van der Waals surface area contributed by atoms with Crippen LogP contribution in [0.4, 0.5) is 0 Å². The number of benzene rings is 1. The molecule has 1 atom stereocenters. The second-order valence-corrected chi connectivity index (χ2v) is 6.78. The SMILES string of the molecule is Clc1ccc(CN[C@H]2CCN(C3CCOCC3)C2)c(Cl)c1. The topological polar surface area (TPSA) is 24.5 Å². The number of ether oxygens (including phenoxy) is 1. The third kappa shape index (κ3) is 4.11. The summed E-state index contributed by atoms with van der Waals surface area (Å²) in [7, 11) is 0. The van der Waals surface area contributed by atoms with Crippen LogP contribution in [-0.2, 0) is 11.3 Å². The number of nitrogens with zero attached hydrogens (tertiary/aromatic N) is 1. The van der Waals surface area contributed by atoms with Gasteiger partial charge < -0.3 is 10.1 Å². The smallest absolute Gasteiger partial charge is 0.0480 e. The Morgan fingerprint density at radius 2 is 2.00 bits per heavy atom. The van der Waals surface area contributed by atoms with Crippen molar-refractivity contribution in [1.82, 2.24) is 10.2 Å². The summed E-state index contributed by atoms with van der Waals surface area (Å²) >= 11 is 12.1. The number of hydrogen-bond acceptors (Lipinski definition) is 3. The van der Waals surface area contributed by atoms with Gasteiger partial charge in [-0.25, -0.2) is 0 Å². The van der Waals surface area contributed by atoms with Gasteiger partial charge in [-0.15, -0.1) is 0 Å². The van der Waals surface area contributed by atoms with Crippen LogP contribution in [0, 0.1) is 0 Å². The van der Waals surface area contributed by atoms with Crippen molar-refractivity contribution in [1.29, 1.82) is 0 Å². The van der Waals surface area contributed by atoms with Crippen molar-refractivity contribution in [2.75, 3.05) is 26.3 Å². The van der Waals surface area contributed by atoms with Crippen molar-refractivity contribution in [3.05, 3.63) is 33.8 Å². The van der Waals surface area contributed by atoms with Gasteiger partial charge in [0.2, 0.25) is 0 Å². The minimum Gasteiger partial charge on any atom is -0.381 e. The minimum absolute atomic E-state index is 0.555. The molecule has 0 bridgehead atoms. The van der Waals surface area contributed by atoms with Gasteiger partial charge in [-0.2, -0.15) is 0 Å². The average Bonchev–Trinajstić information content (AvgIpc) is 2.96. The van der Waals surface area contributed by atoms with E-state index in [9.17, 15) is 0 Å². The maximum atomic E-state index is 6.22. The third-order valence-electron chi connectivity index (χ3n) is 4.52. The van der Waals surface area contributed by atoms with Crippen LogP contribution in [-0.4, -0.2) is 43.3 Å². The molecule has 0 spiro atoms. The Bertz CT molecular complexity index is 477. The fourth-order valence-electron chi connectivity index (χ4n) is 3.26. The Labute approximate surface area is 136 Å². The first-order valence-corrected chi connectivity index (χ1v) is 8.47. The second-order valence-electron chi connectivity index (χ2n) is 5.94. The van der Waals surface area contributed by atoms with E-state index in [1.165, 1.54) is 25.8 Å².